The molecule has 1 heterocycles. The maximum atomic E-state index is 13.0. The summed E-state index contributed by atoms with van der Waals surface area (Å²) in [6.07, 6.45) is 0. The van der Waals surface area contributed by atoms with Crippen molar-refractivity contribution in [3.8, 4) is 0 Å². The number of nitrogens with zero attached hydrogens (tertiary/aromatic N) is 3. The number of anilines is 1. The van der Waals surface area contributed by atoms with E-state index in [1.54, 1.807) is 6.92 Å². The number of halogens is 2. The molecule has 0 saturated heterocycles. The number of aromatic nitrogens is 3. The number of rotatable bonds is 4. The zero-order chi connectivity index (χ0) is 18.1. The smallest absolute Gasteiger partial charge is 0.237 e. The van der Waals surface area contributed by atoms with Crippen molar-refractivity contribution in [2.45, 2.75) is 43.5 Å². The fraction of sp³-hybridized carbons (Fsp3) is 0.400. The molecule has 1 aromatic heterocycles. The number of carbonyl (C=O) groups is 1. The molecule has 1 aromatic carbocycles. The van der Waals surface area contributed by atoms with Crippen molar-refractivity contribution in [1.29, 1.82) is 0 Å². The Morgan fingerprint density at radius 3 is 2.62 bits per heavy atom. The van der Waals surface area contributed by atoms with E-state index in [0.29, 0.717) is 16.7 Å². The SMILES string of the molecule is C[C@@H](Sc1nnc(C(C)(C)C)n1N)C(=O)Nc1ccc(F)cc1Cl. The zero-order valence-electron chi connectivity index (χ0n) is 13.8. The molecule has 9 heteroatoms. The Bertz CT molecular complexity index is 759. The van der Waals surface area contributed by atoms with Crippen LogP contribution in [0, 0.1) is 5.82 Å². The molecule has 0 fully saturated rings. The third-order valence-corrected chi connectivity index (χ3v) is 4.55. The summed E-state index contributed by atoms with van der Waals surface area (Å²) >= 11 is 7.09. The van der Waals surface area contributed by atoms with Crippen LogP contribution < -0.4 is 11.2 Å². The molecule has 24 heavy (non-hydrogen) atoms. The van der Waals surface area contributed by atoms with Crippen molar-refractivity contribution >= 4 is 35.0 Å². The topological polar surface area (TPSA) is 85.8 Å². The molecule has 1 atom stereocenters. The van der Waals surface area contributed by atoms with Crippen LogP contribution in [-0.2, 0) is 10.2 Å². The van der Waals surface area contributed by atoms with Gasteiger partial charge in [0.25, 0.3) is 0 Å². The van der Waals surface area contributed by atoms with E-state index in [4.69, 9.17) is 17.4 Å². The second-order valence-corrected chi connectivity index (χ2v) is 8.01. The molecule has 130 valence electrons. The quantitative estimate of drug-likeness (QED) is 0.636. The molecule has 0 spiro atoms. The first-order valence-electron chi connectivity index (χ1n) is 7.23. The summed E-state index contributed by atoms with van der Waals surface area (Å²) in [4.78, 5) is 12.3. The molecule has 0 bridgehead atoms. The highest BCUT2D eigenvalue weighted by Gasteiger charge is 2.25. The molecular weight excluding hydrogens is 353 g/mol. The summed E-state index contributed by atoms with van der Waals surface area (Å²) < 4.78 is 14.4. The minimum absolute atomic E-state index is 0.137. The number of benzene rings is 1. The number of nitrogen functional groups attached to an aromatic ring is 1. The summed E-state index contributed by atoms with van der Waals surface area (Å²) in [6.45, 7) is 7.63. The Balaban J connectivity index is 2.08. The second kappa shape index (κ2) is 6.98. The maximum Gasteiger partial charge on any atom is 0.237 e. The fourth-order valence-electron chi connectivity index (χ4n) is 1.91. The lowest BCUT2D eigenvalue weighted by atomic mass is 9.96. The van der Waals surface area contributed by atoms with E-state index in [1.165, 1.54) is 28.6 Å². The van der Waals surface area contributed by atoms with E-state index >= 15 is 0 Å². The molecule has 2 rings (SSSR count). The Labute approximate surface area is 148 Å². The van der Waals surface area contributed by atoms with E-state index in [9.17, 15) is 9.18 Å². The van der Waals surface area contributed by atoms with Gasteiger partial charge in [-0.2, -0.15) is 0 Å². The predicted octanol–water partition coefficient (Wildman–Crippen LogP) is 3.20. The van der Waals surface area contributed by atoms with Crippen molar-refractivity contribution in [2.75, 3.05) is 11.2 Å². The van der Waals surface area contributed by atoms with Gasteiger partial charge in [0.1, 0.15) is 5.82 Å². The lowest BCUT2D eigenvalue weighted by molar-refractivity contribution is -0.115. The summed E-state index contributed by atoms with van der Waals surface area (Å²) in [5.74, 6) is 5.87. The van der Waals surface area contributed by atoms with Crippen LogP contribution >= 0.6 is 23.4 Å². The maximum absolute atomic E-state index is 13.0. The Morgan fingerprint density at radius 1 is 1.42 bits per heavy atom. The zero-order valence-corrected chi connectivity index (χ0v) is 15.4. The number of hydrogen-bond acceptors (Lipinski definition) is 5. The Hall–Kier alpha value is -1.80. The monoisotopic (exact) mass is 371 g/mol. The lowest BCUT2D eigenvalue weighted by Gasteiger charge is -2.17. The Kier molecular flexibility index (Phi) is 5.39. The number of nitrogens with one attached hydrogen (secondary N) is 1. The van der Waals surface area contributed by atoms with Gasteiger partial charge >= 0.3 is 0 Å². The van der Waals surface area contributed by atoms with Gasteiger partial charge in [-0.3, -0.25) is 4.79 Å². The lowest BCUT2D eigenvalue weighted by Crippen LogP contribution is -2.26. The van der Waals surface area contributed by atoms with Crippen LogP contribution in [0.3, 0.4) is 0 Å². The molecule has 0 saturated carbocycles. The van der Waals surface area contributed by atoms with Gasteiger partial charge in [-0.05, 0) is 25.1 Å². The van der Waals surface area contributed by atoms with Crippen LogP contribution in [0.2, 0.25) is 5.02 Å². The molecule has 0 aliphatic carbocycles. The first-order valence-corrected chi connectivity index (χ1v) is 8.49. The molecule has 6 nitrogen and oxygen atoms in total. The van der Waals surface area contributed by atoms with Crippen LogP contribution in [0.1, 0.15) is 33.5 Å². The van der Waals surface area contributed by atoms with Gasteiger partial charge in [0.2, 0.25) is 11.1 Å². The largest absolute Gasteiger partial charge is 0.336 e. The van der Waals surface area contributed by atoms with Gasteiger partial charge in [0, 0.05) is 5.41 Å². The van der Waals surface area contributed by atoms with Crippen molar-refractivity contribution < 1.29 is 9.18 Å². The molecular formula is C15H19ClFN5OS. The number of thioether (sulfide) groups is 1. The number of carbonyl (C=O) groups excluding carboxylic acids is 1. The molecule has 1 amide bonds. The van der Waals surface area contributed by atoms with Crippen molar-refractivity contribution in [3.05, 3.63) is 34.9 Å². The normalized spacial score (nSPS) is 12.9. The Morgan fingerprint density at radius 2 is 2.08 bits per heavy atom. The fourth-order valence-corrected chi connectivity index (χ4v) is 2.89. The van der Waals surface area contributed by atoms with Crippen LogP contribution in [0.4, 0.5) is 10.1 Å². The van der Waals surface area contributed by atoms with Crippen LogP contribution in [-0.4, -0.2) is 26.0 Å². The summed E-state index contributed by atoms with van der Waals surface area (Å²) in [6, 6.07) is 3.78. The van der Waals surface area contributed by atoms with Crippen LogP contribution in [0.25, 0.3) is 0 Å². The highest BCUT2D eigenvalue weighted by Crippen LogP contribution is 2.27. The van der Waals surface area contributed by atoms with Gasteiger partial charge in [-0.1, -0.05) is 44.1 Å². The number of nitrogens with two attached hydrogens (primary N) is 1. The third-order valence-electron chi connectivity index (χ3n) is 3.18. The van der Waals surface area contributed by atoms with E-state index in [0.717, 1.165) is 6.07 Å². The standard InChI is InChI=1S/C15H19ClFN5OS/c1-8(12(23)19-11-6-5-9(17)7-10(11)16)24-14-21-20-13(22(14)18)15(2,3)4/h5-8H,18H2,1-4H3,(H,19,23)/t8-/m1/s1. The van der Waals surface area contributed by atoms with Crippen LogP contribution in [0.5, 0.6) is 0 Å². The van der Waals surface area contributed by atoms with Crippen molar-refractivity contribution in [2.24, 2.45) is 0 Å². The van der Waals surface area contributed by atoms with E-state index in [2.05, 4.69) is 15.5 Å². The predicted molar refractivity (Wildman–Crippen MR) is 94.2 cm³/mol. The summed E-state index contributed by atoms with van der Waals surface area (Å²) in [5, 5.41) is 10.9. The minimum Gasteiger partial charge on any atom is -0.336 e. The molecule has 0 unspecified atom stereocenters. The van der Waals surface area contributed by atoms with Gasteiger partial charge in [-0.15, -0.1) is 10.2 Å². The highest BCUT2D eigenvalue weighted by molar-refractivity contribution is 8.00. The van der Waals surface area contributed by atoms with Crippen molar-refractivity contribution in [3.63, 3.8) is 0 Å². The van der Waals surface area contributed by atoms with Gasteiger partial charge in [-0.25, -0.2) is 9.07 Å². The average Bonchev–Trinajstić information content (AvgIpc) is 2.83. The molecule has 3 N–H and O–H groups in total. The molecule has 0 radical (unpaired) electrons. The minimum atomic E-state index is -0.495. The third kappa shape index (κ3) is 4.18. The van der Waals surface area contributed by atoms with Gasteiger partial charge in [0.15, 0.2) is 5.82 Å². The summed E-state index contributed by atoms with van der Waals surface area (Å²) in [5.41, 5.74) is 0.0911. The summed E-state index contributed by atoms with van der Waals surface area (Å²) in [7, 11) is 0. The number of amides is 1. The first kappa shape index (κ1) is 18.5. The van der Waals surface area contributed by atoms with Gasteiger partial charge < -0.3 is 11.2 Å². The average molecular weight is 372 g/mol. The van der Waals surface area contributed by atoms with E-state index in [-0.39, 0.29) is 16.3 Å². The van der Waals surface area contributed by atoms with E-state index < -0.39 is 11.1 Å². The highest BCUT2D eigenvalue weighted by atomic mass is 35.5. The van der Waals surface area contributed by atoms with E-state index in [1.807, 2.05) is 20.8 Å². The number of hydrogen-bond donors (Lipinski definition) is 2. The molecule has 0 aliphatic heterocycles. The molecule has 2 aromatic rings. The first-order chi connectivity index (χ1) is 11.1. The van der Waals surface area contributed by atoms with Crippen LogP contribution in [0.15, 0.2) is 23.4 Å². The second-order valence-electron chi connectivity index (χ2n) is 6.30. The van der Waals surface area contributed by atoms with Crippen molar-refractivity contribution in [1.82, 2.24) is 14.9 Å². The molecule has 0 aliphatic rings. The van der Waals surface area contributed by atoms with Gasteiger partial charge in [0.05, 0.1) is 16.0 Å².